The fraction of sp³-hybridized carbons (Fsp3) is 0.318. The van der Waals surface area contributed by atoms with Crippen LogP contribution in [0.15, 0.2) is 48.5 Å². The molecule has 0 aliphatic heterocycles. The summed E-state index contributed by atoms with van der Waals surface area (Å²) in [6.07, 6.45) is 0.800. The van der Waals surface area contributed by atoms with Crippen molar-refractivity contribution in [1.82, 2.24) is 10.6 Å². The van der Waals surface area contributed by atoms with E-state index >= 15 is 0 Å². The number of nitriles is 1. The van der Waals surface area contributed by atoms with Crippen molar-refractivity contribution in [3.8, 4) is 11.8 Å². The quantitative estimate of drug-likeness (QED) is 0.566. The van der Waals surface area contributed by atoms with Gasteiger partial charge in [-0.3, -0.25) is 4.79 Å². The van der Waals surface area contributed by atoms with Crippen molar-refractivity contribution >= 4 is 11.9 Å². The van der Waals surface area contributed by atoms with E-state index in [1.54, 1.807) is 31.3 Å². The molecule has 7 heteroatoms. The van der Waals surface area contributed by atoms with Crippen LogP contribution >= 0.6 is 0 Å². The van der Waals surface area contributed by atoms with Gasteiger partial charge in [-0.1, -0.05) is 42.0 Å². The number of hydrogen-bond acceptors (Lipinski definition) is 5. The lowest BCUT2D eigenvalue weighted by Gasteiger charge is -2.19. The average Bonchev–Trinajstić information content (AvgIpc) is 2.70. The number of aliphatic carboxylic acids is 1. The Bertz CT molecular complexity index is 892. The summed E-state index contributed by atoms with van der Waals surface area (Å²) in [6, 6.07) is 15.7. The van der Waals surface area contributed by atoms with Gasteiger partial charge in [-0.15, -0.1) is 0 Å². The van der Waals surface area contributed by atoms with Crippen molar-refractivity contribution < 1.29 is 19.4 Å². The summed E-state index contributed by atoms with van der Waals surface area (Å²) >= 11 is 0. The third kappa shape index (κ3) is 7.28. The second-order valence-corrected chi connectivity index (χ2v) is 6.76. The van der Waals surface area contributed by atoms with Crippen LogP contribution in [0.5, 0.6) is 5.75 Å². The van der Waals surface area contributed by atoms with Gasteiger partial charge >= 0.3 is 5.97 Å². The van der Waals surface area contributed by atoms with Crippen LogP contribution in [0.3, 0.4) is 0 Å². The van der Waals surface area contributed by atoms with Gasteiger partial charge < -0.3 is 20.5 Å². The first-order valence-corrected chi connectivity index (χ1v) is 9.27. The van der Waals surface area contributed by atoms with Crippen LogP contribution in [0.25, 0.3) is 0 Å². The monoisotopic (exact) mass is 395 g/mol. The fourth-order valence-electron chi connectivity index (χ4n) is 2.94. The summed E-state index contributed by atoms with van der Waals surface area (Å²) in [6.45, 7) is 1.56. The first-order valence-electron chi connectivity index (χ1n) is 9.27. The van der Waals surface area contributed by atoms with E-state index in [0.29, 0.717) is 12.2 Å². The molecule has 0 bridgehead atoms. The van der Waals surface area contributed by atoms with Gasteiger partial charge in [-0.2, -0.15) is 5.26 Å². The molecule has 2 rings (SSSR count). The van der Waals surface area contributed by atoms with Gasteiger partial charge in [0, 0.05) is 6.42 Å². The zero-order valence-electron chi connectivity index (χ0n) is 16.5. The molecule has 0 saturated carbocycles. The largest absolute Gasteiger partial charge is 0.482 e. The maximum atomic E-state index is 12.7. The van der Waals surface area contributed by atoms with Gasteiger partial charge in [0.2, 0.25) is 5.91 Å². The Morgan fingerprint density at radius 2 is 1.83 bits per heavy atom. The Hall–Kier alpha value is -3.37. The van der Waals surface area contributed by atoms with E-state index in [1.807, 2.05) is 31.2 Å². The molecule has 3 N–H and O–H groups in total. The number of carboxylic acids is 1. The van der Waals surface area contributed by atoms with Crippen molar-refractivity contribution in [2.24, 2.45) is 0 Å². The Balaban J connectivity index is 1.99. The Kier molecular flexibility index (Phi) is 8.19. The van der Waals surface area contributed by atoms with E-state index in [2.05, 4.69) is 16.7 Å². The molecule has 0 heterocycles. The number of likely N-dealkylation sites (N-methyl/N-ethyl adjacent to an activating group) is 1. The third-order valence-electron chi connectivity index (χ3n) is 4.36. The first-order chi connectivity index (χ1) is 13.9. The second kappa shape index (κ2) is 10.8. The molecule has 0 saturated heterocycles. The highest BCUT2D eigenvalue weighted by atomic mass is 16.5. The summed E-state index contributed by atoms with van der Waals surface area (Å²) in [5.74, 6) is -0.913. The van der Waals surface area contributed by atoms with E-state index in [-0.39, 0.29) is 12.3 Å². The van der Waals surface area contributed by atoms with Crippen LogP contribution < -0.4 is 15.4 Å². The molecule has 2 aromatic carbocycles. The highest BCUT2D eigenvalue weighted by Crippen LogP contribution is 2.15. The molecule has 0 fully saturated rings. The minimum absolute atomic E-state index is 0.251. The molecule has 2 atom stereocenters. The van der Waals surface area contributed by atoms with Gasteiger partial charge in [-0.05, 0) is 43.7 Å². The lowest BCUT2D eigenvalue weighted by molar-refractivity contribution is -0.139. The summed E-state index contributed by atoms with van der Waals surface area (Å²) in [5, 5.41) is 23.9. The van der Waals surface area contributed by atoms with Crippen LogP contribution in [-0.4, -0.2) is 42.7 Å². The second-order valence-electron chi connectivity index (χ2n) is 6.76. The van der Waals surface area contributed by atoms with E-state index in [1.165, 1.54) is 0 Å². The number of ether oxygens (including phenoxy) is 1. The van der Waals surface area contributed by atoms with Gasteiger partial charge in [0.05, 0.1) is 12.1 Å². The zero-order valence-corrected chi connectivity index (χ0v) is 16.5. The summed E-state index contributed by atoms with van der Waals surface area (Å²) < 4.78 is 5.16. The molecule has 0 aromatic heterocycles. The minimum Gasteiger partial charge on any atom is -0.482 e. The molecule has 2 aromatic rings. The van der Waals surface area contributed by atoms with E-state index in [9.17, 15) is 14.9 Å². The number of nitrogens with zero attached hydrogens (tertiary/aromatic N) is 1. The molecule has 0 unspecified atom stereocenters. The number of hydrogen-bond donors (Lipinski definition) is 3. The Labute approximate surface area is 170 Å². The topological polar surface area (TPSA) is 111 Å². The maximum Gasteiger partial charge on any atom is 0.341 e. The number of nitrogens with one attached hydrogen (secondary N) is 2. The lowest BCUT2D eigenvalue weighted by Crippen LogP contribution is -2.48. The smallest absolute Gasteiger partial charge is 0.341 e. The molecule has 0 aliphatic carbocycles. The predicted octanol–water partition coefficient (Wildman–Crippen LogP) is 1.84. The SMILES string of the molecule is CN[C@@H](Cc1cccc(C)c1)C(=O)N[C@H](C#N)Cc1cccc(OCC(=O)O)c1. The van der Waals surface area contributed by atoms with Crippen LogP contribution in [-0.2, 0) is 22.4 Å². The number of carbonyl (C=O) groups excluding carboxylic acids is 1. The standard InChI is InChI=1S/C22H25N3O4/c1-15-5-3-6-16(9-15)12-20(24-2)22(28)25-18(13-23)10-17-7-4-8-19(11-17)29-14-21(26)27/h3-9,11,18,20,24H,10,12,14H2,1-2H3,(H,25,28)(H,26,27)/t18-,20-/m0/s1. The van der Waals surface area contributed by atoms with Crippen molar-refractivity contribution in [3.05, 3.63) is 65.2 Å². The first kappa shape index (κ1) is 21.9. The summed E-state index contributed by atoms with van der Waals surface area (Å²) in [7, 11) is 1.71. The summed E-state index contributed by atoms with van der Waals surface area (Å²) in [4.78, 5) is 23.3. The van der Waals surface area contributed by atoms with E-state index in [0.717, 1.165) is 16.7 Å². The normalized spacial score (nSPS) is 12.4. The highest BCUT2D eigenvalue weighted by molar-refractivity contribution is 5.82. The highest BCUT2D eigenvalue weighted by Gasteiger charge is 2.21. The number of rotatable bonds is 10. The molecule has 7 nitrogen and oxygen atoms in total. The Morgan fingerprint density at radius 3 is 2.45 bits per heavy atom. The molecule has 29 heavy (non-hydrogen) atoms. The van der Waals surface area contributed by atoms with Gasteiger partial charge in [0.15, 0.2) is 6.61 Å². The number of benzene rings is 2. The molecule has 0 spiro atoms. The van der Waals surface area contributed by atoms with Crippen LogP contribution in [0.2, 0.25) is 0 Å². The lowest BCUT2D eigenvalue weighted by atomic mass is 10.0. The Morgan fingerprint density at radius 1 is 1.14 bits per heavy atom. The number of carboxylic acid groups (broad SMARTS) is 1. The molecule has 0 aliphatic rings. The van der Waals surface area contributed by atoms with Crippen molar-refractivity contribution in [2.45, 2.75) is 31.8 Å². The zero-order chi connectivity index (χ0) is 21.2. The van der Waals surface area contributed by atoms with E-state index in [4.69, 9.17) is 9.84 Å². The molecule has 1 amide bonds. The van der Waals surface area contributed by atoms with Crippen LogP contribution in [0.1, 0.15) is 16.7 Å². The maximum absolute atomic E-state index is 12.7. The molecule has 0 radical (unpaired) electrons. The van der Waals surface area contributed by atoms with Crippen LogP contribution in [0.4, 0.5) is 0 Å². The van der Waals surface area contributed by atoms with Gasteiger partial charge in [0.1, 0.15) is 11.8 Å². The van der Waals surface area contributed by atoms with Crippen LogP contribution in [0, 0.1) is 18.3 Å². The molecular formula is C22H25N3O4. The molecule has 152 valence electrons. The van der Waals surface area contributed by atoms with Crippen molar-refractivity contribution in [2.75, 3.05) is 13.7 Å². The van der Waals surface area contributed by atoms with Gasteiger partial charge in [0.25, 0.3) is 0 Å². The van der Waals surface area contributed by atoms with Crippen molar-refractivity contribution in [1.29, 1.82) is 5.26 Å². The van der Waals surface area contributed by atoms with E-state index < -0.39 is 24.7 Å². The predicted molar refractivity (Wildman–Crippen MR) is 109 cm³/mol. The fourth-order valence-corrected chi connectivity index (χ4v) is 2.94. The molecular weight excluding hydrogens is 370 g/mol. The number of carbonyl (C=O) groups is 2. The van der Waals surface area contributed by atoms with Crippen molar-refractivity contribution in [3.63, 3.8) is 0 Å². The third-order valence-corrected chi connectivity index (χ3v) is 4.36. The number of aryl methyl sites for hydroxylation is 1. The number of amides is 1. The average molecular weight is 395 g/mol. The minimum atomic E-state index is -1.07. The summed E-state index contributed by atoms with van der Waals surface area (Å²) in [5.41, 5.74) is 2.92. The van der Waals surface area contributed by atoms with Gasteiger partial charge in [-0.25, -0.2) is 4.79 Å².